The van der Waals surface area contributed by atoms with Gasteiger partial charge in [0.1, 0.15) is 12.4 Å². The number of nitrogens with one attached hydrogen (secondary N) is 2. The van der Waals surface area contributed by atoms with Gasteiger partial charge in [0, 0.05) is 24.7 Å². The molecule has 1 aromatic carbocycles. The van der Waals surface area contributed by atoms with Gasteiger partial charge in [-0.15, -0.1) is 0 Å². The number of nitrogens with two attached hydrogens (primary N) is 1. The van der Waals surface area contributed by atoms with E-state index in [-0.39, 0.29) is 5.91 Å². The lowest BCUT2D eigenvalue weighted by atomic mass is 10.3. The number of carbonyl (C=O) groups excluding carboxylic acids is 1. The Morgan fingerprint density at radius 2 is 2.24 bits per heavy atom. The van der Waals surface area contributed by atoms with Gasteiger partial charge in [-0.3, -0.25) is 4.79 Å². The first kappa shape index (κ1) is 16.8. The molecule has 6 nitrogen and oxygen atoms in total. The van der Waals surface area contributed by atoms with E-state index in [4.69, 9.17) is 10.5 Å². The molecule has 0 saturated carbocycles. The van der Waals surface area contributed by atoms with Crippen molar-refractivity contribution < 1.29 is 9.53 Å². The quantitative estimate of drug-likeness (QED) is 0.405. The van der Waals surface area contributed by atoms with Gasteiger partial charge in [0.15, 0.2) is 5.96 Å². The van der Waals surface area contributed by atoms with Crippen LogP contribution in [0.4, 0.5) is 5.69 Å². The number of anilines is 1. The lowest BCUT2D eigenvalue weighted by molar-refractivity contribution is -0.114. The minimum absolute atomic E-state index is 0.111. The topological polar surface area (TPSA) is 88.7 Å². The monoisotopic (exact) mass is 292 g/mol. The molecule has 0 aliphatic rings. The Kier molecular flexibility index (Phi) is 7.08. The van der Waals surface area contributed by atoms with Crippen LogP contribution in [0.5, 0.6) is 5.75 Å². The Balaban J connectivity index is 2.38. The van der Waals surface area contributed by atoms with E-state index in [0.29, 0.717) is 36.6 Å². The minimum atomic E-state index is -0.111. The van der Waals surface area contributed by atoms with Gasteiger partial charge in [-0.1, -0.05) is 13.0 Å². The number of nitrogens with zero attached hydrogens (tertiary/aromatic N) is 1. The van der Waals surface area contributed by atoms with Crippen molar-refractivity contribution in [3.63, 3.8) is 0 Å². The molecule has 0 aliphatic carbocycles. The second-order valence-electron chi connectivity index (χ2n) is 4.78. The molecular formula is C15H24N4O2. The van der Waals surface area contributed by atoms with Crippen molar-refractivity contribution in [1.82, 2.24) is 5.32 Å². The van der Waals surface area contributed by atoms with Crippen LogP contribution in [0.3, 0.4) is 0 Å². The van der Waals surface area contributed by atoms with Crippen molar-refractivity contribution in [2.24, 2.45) is 10.7 Å². The molecule has 0 heterocycles. The fraction of sp³-hybridized carbons (Fsp3) is 0.467. The first-order valence-electron chi connectivity index (χ1n) is 7.08. The smallest absolute Gasteiger partial charge is 0.221 e. The molecule has 116 valence electrons. The van der Waals surface area contributed by atoms with Crippen LogP contribution in [-0.2, 0) is 4.79 Å². The third kappa shape index (κ3) is 7.20. The maximum atomic E-state index is 11.0. The molecule has 0 saturated heterocycles. The third-order valence-electron chi connectivity index (χ3n) is 2.80. The van der Waals surface area contributed by atoms with E-state index in [1.54, 1.807) is 12.1 Å². The molecule has 0 aliphatic heterocycles. The number of hydrogen-bond acceptors (Lipinski definition) is 3. The summed E-state index contributed by atoms with van der Waals surface area (Å²) in [6.45, 7) is 6.49. The highest BCUT2D eigenvalue weighted by Gasteiger charge is 2.00. The maximum absolute atomic E-state index is 11.0. The molecule has 0 spiro atoms. The van der Waals surface area contributed by atoms with Crippen LogP contribution in [-0.4, -0.2) is 31.1 Å². The molecule has 1 amide bonds. The molecule has 0 fully saturated rings. The molecule has 1 atom stereocenters. The normalized spacial score (nSPS) is 12.6. The van der Waals surface area contributed by atoms with Crippen molar-refractivity contribution in [2.75, 3.05) is 18.5 Å². The summed E-state index contributed by atoms with van der Waals surface area (Å²) in [5, 5.41) is 5.79. The molecule has 0 radical (unpaired) electrons. The van der Waals surface area contributed by atoms with Gasteiger partial charge in [0.05, 0.1) is 6.54 Å². The summed E-state index contributed by atoms with van der Waals surface area (Å²) in [4.78, 5) is 15.2. The summed E-state index contributed by atoms with van der Waals surface area (Å²) >= 11 is 0. The van der Waals surface area contributed by atoms with Crippen molar-refractivity contribution in [1.29, 1.82) is 0 Å². The summed E-state index contributed by atoms with van der Waals surface area (Å²) in [6, 6.07) is 7.54. The zero-order valence-electron chi connectivity index (χ0n) is 12.8. The van der Waals surface area contributed by atoms with E-state index in [1.807, 2.05) is 19.1 Å². The number of aliphatic imine (C=N–C) groups is 1. The molecular weight excluding hydrogens is 268 g/mol. The Morgan fingerprint density at radius 3 is 2.90 bits per heavy atom. The van der Waals surface area contributed by atoms with Crippen LogP contribution < -0.4 is 21.1 Å². The number of ether oxygens (including phenoxy) is 1. The van der Waals surface area contributed by atoms with Gasteiger partial charge in [-0.05, 0) is 25.5 Å². The van der Waals surface area contributed by atoms with Gasteiger partial charge in [-0.25, -0.2) is 4.99 Å². The Labute approximate surface area is 125 Å². The highest BCUT2D eigenvalue weighted by atomic mass is 16.5. The number of amides is 1. The van der Waals surface area contributed by atoms with E-state index < -0.39 is 0 Å². The molecule has 0 bridgehead atoms. The van der Waals surface area contributed by atoms with E-state index in [0.717, 1.165) is 6.42 Å². The fourth-order valence-corrected chi connectivity index (χ4v) is 1.60. The molecule has 21 heavy (non-hydrogen) atoms. The zero-order chi connectivity index (χ0) is 15.7. The number of guanidine groups is 1. The average Bonchev–Trinajstić information content (AvgIpc) is 2.43. The summed E-state index contributed by atoms with van der Waals surface area (Å²) in [6.07, 6.45) is 0.989. The van der Waals surface area contributed by atoms with Gasteiger partial charge in [0.2, 0.25) is 5.91 Å². The minimum Gasteiger partial charge on any atom is -0.492 e. The molecule has 1 aromatic rings. The van der Waals surface area contributed by atoms with Crippen molar-refractivity contribution in [3.8, 4) is 5.75 Å². The van der Waals surface area contributed by atoms with Crippen molar-refractivity contribution in [2.45, 2.75) is 33.2 Å². The first-order chi connectivity index (χ1) is 10.0. The Hall–Kier alpha value is -2.24. The van der Waals surface area contributed by atoms with Crippen LogP contribution in [0.1, 0.15) is 27.2 Å². The number of carbonyl (C=O) groups is 1. The number of hydrogen-bond donors (Lipinski definition) is 3. The summed E-state index contributed by atoms with van der Waals surface area (Å²) < 4.78 is 5.57. The lowest BCUT2D eigenvalue weighted by Gasteiger charge is -2.12. The van der Waals surface area contributed by atoms with Gasteiger partial charge in [-0.2, -0.15) is 0 Å². The molecule has 6 heteroatoms. The van der Waals surface area contributed by atoms with E-state index >= 15 is 0 Å². The Bertz CT molecular complexity index is 488. The van der Waals surface area contributed by atoms with Gasteiger partial charge >= 0.3 is 0 Å². The molecule has 4 N–H and O–H groups in total. The van der Waals surface area contributed by atoms with Crippen LogP contribution in [0.25, 0.3) is 0 Å². The van der Waals surface area contributed by atoms with E-state index in [1.165, 1.54) is 6.92 Å². The summed E-state index contributed by atoms with van der Waals surface area (Å²) in [7, 11) is 0. The largest absolute Gasteiger partial charge is 0.492 e. The average molecular weight is 292 g/mol. The standard InChI is InChI=1S/C15H24N4O2/c1-4-11(2)18-15(16)17-8-9-21-14-7-5-6-13(10-14)19-12(3)20/h5-7,10-11H,4,8-9H2,1-3H3,(H,19,20)(H3,16,17,18). The van der Waals surface area contributed by atoms with Crippen LogP contribution in [0.2, 0.25) is 0 Å². The zero-order valence-corrected chi connectivity index (χ0v) is 12.8. The predicted molar refractivity (Wildman–Crippen MR) is 85.6 cm³/mol. The number of benzene rings is 1. The van der Waals surface area contributed by atoms with Gasteiger partial charge in [0.25, 0.3) is 0 Å². The SMILES string of the molecule is CCC(C)NC(N)=NCCOc1cccc(NC(C)=O)c1. The predicted octanol–water partition coefficient (Wildman–Crippen LogP) is 1.73. The fourth-order valence-electron chi connectivity index (χ4n) is 1.60. The maximum Gasteiger partial charge on any atom is 0.221 e. The van der Waals surface area contributed by atoms with Crippen molar-refractivity contribution in [3.05, 3.63) is 24.3 Å². The number of rotatable bonds is 7. The van der Waals surface area contributed by atoms with Crippen molar-refractivity contribution >= 4 is 17.6 Å². The second-order valence-corrected chi connectivity index (χ2v) is 4.78. The van der Waals surface area contributed by atoms with Gasteiger partial charge < -0.3 is 21.1 Å². The first-order valence-corrected chi connectivity index (χ1v) is 7.08. The lowest BCUT2D eigenvalue weighted by Crippen LogP contribution is -2.38. The van der Waals surface area contributed by atoms with Crippen LogP contribution in [0, 0.1) is 0 Å². The summed E-state index contributed by atoms with van der Waals surface area (Å²) in [5.41, 5.74) is 6.45. The van der Waals surface area contributed by atoms with E-state index in [9.17, 15) is 4.79 Å². The van der Waals surface area contributed by atoms with Crippen LogP contribution in [0.15, 0.2) is 29.3 Å². The summed E-state index contributed by atoms with van der Waals surface area (Å²) in [5.74, 6) is 1.01. The third-order valence-corrected chi connectivity index (χ3v) is 2.80. The molecule has 1 unspecified atom stereocenters. The highest BCUT2D eigenvalue weighted by molar-refractivity contribution is 5.88. The second kappa shape index (κ2) is 8.84. The van der Waals surface area contributed by atoms with Crippen LogP contribution >= 0.6 is 0 Å². The highest BCUT2D eigenvalue weighted by Crippen LogP contribution is 2.17. The molecule has 0 aromatic heterocycles. The molecule has 1 rings (SSSR count). The Morgan fingerprint density at radius 1 is 1.48 bits per heavy atom. The van der Waals surface area contributed by atoms with E-state index in [2.05, 4.69) is 22.5 Å².